The summed E-state index contributed by atoms with van der Waals surface area (Å²) in [6.07, 6.45) is 12.3. The van der Waals surface area contributed by atoms with Crippen LogP contribution in [0.25, 0.3) is 33.5 Å². The molecule has 0 saturated heterocycles. The van der Waals surface area contributed by atoms with Crippen molar-refractivity contribution in [3.05, 3.63) is 41.7 Å². The molecule has 5 nitrogen and oxygen atoms in total. The summed E-state index contributed by atoms with van der Waals surface area (Å²) in [5.74, 6) is 0.281. The summed E-state index contributed by atoms with van der Waals surface area (Å²) >= 11 is 6.09. The fourth-order valence-electron chi connectivity index (χ4n) is 3.92. The monoisotopic (exact) mass is 369 g/mol. The summed E-state index contributed by atoms with van der Waals surface area (Å²) in [5, 5.41) is 1.87. The fourth-order valence-corrected chi connectivity index (χ4v) is 4.08. The van der Waals surface area contributed by atoms with E-state index in [9.17, 15) is 4.39 Å². The largest absolute Gasteiger partial charge is 0.345 e. The Morgan fingerprint density at radius 3 is 2.81 bits per heavy atom. The van der Waals surface area contributed by atoms with Gasteiger partial charge in [0.15, 0.2) is 11.6 Å². The zero-order valence-corrected chi connectivity index (χ0v) is 14.8. The summed E-state index contributed by atoms with van der Waals surface area (Å²) in [6, 6.07) is 2.14. The standard InChI is InChI=1S/C19H17ClFN5/c20-11-6-13-14(8-23-17(13)22-7-11)18-24-9-15-16(21)10-26(19(15)25-18)12-4-2-1-3-5-12/h6-10,12H,1-5H2,(H,22,23). The Morgan fingerprint density at radius 1 is 1.12 bits per heavy atom. The summed E-state index contributed by atoms with van der Waals surface area (Å²) in [4.78, 5) is 16.5. The van der Waals surface area contributed by atoms with Crippen LogP contribution in [0.15, 0.2) is 30.9 Å². The van der Waals surface area contributed by atoms with Gasteiger partial charge in [-0.1, -0.05) is 30.9 Å². The van der Waals surface area contributed by atoms with Gasteiger partial charge in [0, 0.05) is 41.8 Å². The first-order chi connectivity index (χ1) is 12.7. The van der Waals surface area contributed by atoms with Crippen LogP contribution in [0.4, 0.5) is 4.39 Å². The van der Waals surface area contributed by atoms with Gasteiger partial charge in [-0.3, -0.25) is 0 Å². The molecule has 0 unspecified atom stereocenters. The number of nitrogens with zero attached hydrogens (tertiary/aromatic N) is 4. The number of aromatic nitrogens is 5. The van der Waals surface area contributed by atoms with Gasteiger partial charge in [-0.25, -0.2) is 19.3 Å². The second kappa shape index (κ2) is 6.06. The Labute approximate surface area is 154 Å². The van der Waals surface area contributed by atoms with Crippen molar-refractivity contribution in [2.75, 3.05) is 0 Å². The van der Waals surface area contributed by atoms with Crippen LogP contribution in [0.2, 0.25) is 5.02 Å². The average Bonchev–Trinajstić information content (AvgIpc) is 3.23. The average molecular weight is 370 g/mol. The van der Waals surface area contributed by atoms with Crippen molar-refractivity contribution in [2.24, 2.45) is 0 Å². The SMILES string of the molecule is Fc1cn(C2CCCCC2)c2nc(-c3c[nH]c4ncc(Cl)cc34)ncc12. The second-order valence-corrected chi connectivity index (χ2v) is 7.30. The van der Waals surface area contributed by atoms with E-state index >= 15 is 0 Å². The molecule has 7 heteroatoms. The molecule has 1 aliphatic carbocycles. The van der Waals surface area contributed by atoms with Gasteiger partial charge >= 0.3 is 0 Å². The first-order valence-electron chi connectivity index (χ1n) is 8.87. The summed E-state index contributed by atoms with van der Waals surface area (Å²) in [5.41, 5.74) is 2.19. The molecule has 26 heavy (non-hydrogen) atoms. The number of pyridine rings is 1. The van der Waals surface area contributed by atoms with Crippen molar-refractivity contribution in [2.45, 2.75) is 38.1 Å². The molecule has 0 radical (unpaired) electrons. The van der Waals surface area contributed by atoms with Gasteiger partial charge in [0.1, 0.15) is 11.3 Å². The molecule has 1 saturated carbocycles. The van der Waals surface area contributed by atoms with Crippen LogP contribution < -0.4 is 0 Å². The van der Waals surface area contributed by atoms with Crippen LogP contribution in [0.5, 0.6) is 0 Å². The predicted molar refractivity (Wildman–Crippen MR) is 99.7 cm³/mol. The highest BCUT2D eigenvalue weighted by Gasteiger charge is 2.21. The van der Waals surface area contributed by atoms with E-state index in [0.717, 1.165) is 29.4 Å². The lowest BCUT2D eigenvalue weighted by atomic mass is 9.95. The molecule has 4 heterocycles. The summed E-state index contributed by atoms with van der Waals surface area (Å²) in [7, 11) is 0. The molecule has 4 aromatic heterocycles. The molecule has 0 aromatic carbocycles. The lowest BCUT2D eigenvalue weighted by Gasteiger charge is -2.23. The lowest BCUT2D eigenvalue weighted by molar-refractivity contribution is 0.357. The van der Waals surface area contributed by atoms with Gasteiger partial charge in [0.05, 0.1) is 10.4 Å². The third-order valence-corrected chi connectivity index (χ3v) is 5.44. The number of rotatable bonds is 2. The number of hydrogen-bond donors (Lipinski definition) is 1. The van der Waals surface area contributed by atoms with Crippen molar-refractivity contribution in [3.63, 3.8) is 0 Å². The number of fused-ring (bicyclic) bond motifs is 2. The Balaban J connectivity index is 1.68. The Hall–Kier alpha value is -2.47. The van der Waals surface area contributed by atoms with E-state index in [0.29, 0.717) is 27.9 Å². The maximum Gasteiger partial charge on any atom is 0.163 e. The minimum atomic E-state index is -0.263. The quantitative estimate of drug-likeness (QED) is 0.523. The van der Waals surface area contributed by atoms with Crippen LogP contribution in [0.3, 0.4) is 0 Å². The molecule has 1 fully saturated rings. The number of H-pyrrole nitrogens is 1. The molecule has 0 aliphatic heterocycles. The highest BCUT2D eigenvalue weighted by Crippen LogP contribution is 2.33. The van der Waals surface area contributed by atoms with Crippen molar-refractivity contribution in [1.82, 2.24) is 24.5 Å². The molecule has 5 rings (SSSR count). The number of hydrogen-bond acceptors (Lipinski definition) is 3. The molecule has 1 N–H and O–H groups in total. The van der Waals surface area contributed by atoms with E-state index in [-0.39, 0.29) is 5.82 Å². The molecular weight excluding hydrogens is 353 g/mol. The molecule has 0 atom stereocenters. The minimum absolute atomic E-state index is 0.263. The van der Waals surface area contributed by atoms with Crippen LogP contribution in [-0.4, -0.2) is 24.5 Å². The van der Waals surface area contributed by atoms with Crippen molar-refractivity contribution >= 4 is 33.7 Å². The molecule has 0 bridgehead atoms. The predicted octanol–water partition coefficient (Wildman–Crippen LogP) is 5.27. The topological polar surface area (TPSA) is 59.4 Å². The molecule has 0 amide bonds. The number of aromatic amines is 1. The maximum absolute atomic E-state index is 14.4. The highest BCUT2D eigenvalue weighted by atomic mass is 35.5. The summed E-state index contributed by atoms with van der Waals surface area (Å²) in [6.45, 7) is 0. The molecule has 4 aromatic rings. The van der Waals surface area contributed by atoms with E-state index in [2.05, 4.69) is 15.0 Å². The van der Waals surface area contributed by atoms with Gasteiger partial charge in [-0.15, -0.1) is 0 Å². The van der Waals surface area contributed by atoms with E-state index < -0.39 is 0 Å². The maximum atomic E-state index is 14.4. The lowest BCUT2D eigenvalue weighted by Crippen LogP contribution is -2.12. The van der Waals surface area contributed by atoms with E-state index in [1.165, 1.54) is 19.3 Å². The van der Waals surface area contributed by atoms with Gasteiger partial charge in [0.25, 0.3) is 0 Å². The van der Waals surface area contributed by atoms with Crippen molar-refractivity contribution in [3.8, 4) is 11.4 Å². The van der Waals surface area contributed by atoms with E-state index in [4.69, 9.17) is 16.6 Å². The van der Waals surface area contributed by atoms with Gasteiger partial charge in [-0.05, 0) is 18.9 Å². The van der Waals surface area contributed by atoms with Gasteiger partial charge in [0.2, 0.25) is 0 Å². The molecule has 0 spiro atoms. The van der Waals surface area contributed by atoms with Gasteiger partial charge < -0.3 is 9.55 Å². The van der Waals surface area contributed by atoms with Crippen molar-refractivity contribution in [1.29, 1.82) is 0 Å². The molecule has 1 aliphatic rings. The van der Waals surface area contributed by atoms with Crippen molar-refractivity contribution < 1.29 is 4.39 Å². The van der Waals surface area contributed by atoms with Crippen LogP contribution in [0.1, 0.15) is 38.1 Å². The highest BCUT2D eigenvalue weighted by molar-refractivity contribution is 6.31. The van der Waals surface area contributed by atoms with Crippen LogP contribution >= 0.6 is 11.6 Å². The fraction of sp³-hybridized carbons (Fsp3) is 0.316. The normalized spacial score (nSPS) is 15.9. The van der Waals surface area contributed by atoms with Crippen LogP contribution in [-0.2, 0) is 0 Å². The third kappa shape index (κ3) is 2.48. The first-order valence-corrected chi connectivity index (χ1v) is 9.24. The third-order valence-electron chi connectivity index (χ3n) is 5.23. The smallest absolute Gasteiger partial charge is 0.163 e. The zero-order valence-electron chi connectivity index (χ0n) is 14.0. The Bertz CT molecular complexity index is 1110. The Morgan fingerprint density at radius 2 is 1.96 bits per heavy atom. The first kappa shape index (κ1) is 15.8. The second-order valence-electron chi connectivity index (χ2n) is 6.86. The number of halogens is 2. The summed E-state index contributed by atoms with van der Waals surface area (Å²) < 4.78 is 16.4. The number of nitrogens with one attached hydrogen (secondary N) is 1. The minimum Gasteiger partial charge on any atom is -0.345 e. The molecular formula is C19H17ClFN5. The van der Waals surface area contributed by atoms with Crippen LogP contribution in [0, 0.1) is 5.82 Å². The molecule has 132 valence electrons. The Kier molecular flexibility index (Phi) is 3.67. The zero-order chi connectivity index (χ0) is 17.7. The van der Waals surface area contributed by atoms with E-state index in [1.807, 2.05) is 16.8 Å². The van der Waals surface area contributed by atoms with E-state index in [1.54, 1.807) is 18.6 Å². The van der Waals surface area contributed by atoms with Gasteiger partial charge in [-0.2, -0.15) is 0 Å².